The van der Waals surface area contributed by atoms with Crippen molar-refractivity contribution in [2.24, 2.45) is 0 Å². The molecule has 5 heteroatoms. The van der Waals surface area contributed by atoms with Crippen LogP contribution in [-0.2, 0) is 9.84 Å². The van der Waals surface area contributed by atoms with Crippen molar-refractivity contribution in [3.63, 3.8) is 0 Å². The van der Waals surface area contributed by atoms with Crippen molar-refractivity contribution >= 4 is 9.84 Å². The molecular weight excluding hydrogens is 289 g/mol. The van der Waals surface area contributed by atoms with E-state index in [4.69, 9.17) is 0 Å². The average Bonchev–Trinajstić information content (AvgIpc) is 2.43. The number of hydrogen-bond donors (Lipinski definition) is 1. The van der Waals surface area contributed by atoms with Crippen molar-refractivity contribution in [3.05, 3.63) is 65.0 Å². The molecule has 1 atom stereocenters. The Hall–Kier alpha value is -1.72. The average molecular weight is 307 g/mol. The van der Waals surface area contributed by atoms with Crippen LogP contribution in [0.15, 0.2) is 47.4 Å². The van der Waals surface area contributed by atoms with E-state index < -0.39 is 9.84 Å². The van der Waals surface area contributed by atoms with Gasteiger partial charge in [0.15, 0.2) is 9.84 Å². The molecule has 0 fully saturated rings. The molecule has 112 valence electrons. The third-order valence-electron chi connectivity index (χ3n) is 3.42. The molecule has 0 bridgehead atoms. The maximum atomic E-state index is 13.4. The lowest BCUT2D eigenvalue weighted by Gasteiger charge is -2.18. The summed E-state index contributed by atoms with van der Waals surface area (Å²) in [5, 5.41) is 3.14. The molecule has 0 amide bonds. The minimum absolute atomic E-state index is 0.189. The summed E-state index contributed by atoms with van der Waals surface area (Å²) in [6.45, 7) is 1.71. The van der Waals surface area contributed by atoms with Gasteiger partial charge in [-0.25, -0.2) is 12.8 Å². The summed E-state index contributed by atoms with van der Waals surface area (Å²) in [7, 11) is -1.46. The van der Waals surface area contributed by atoms with Gasteiger partial charge in [0.1, 0.15) is 5.82 Å². The van der Waals surface area contributed by atoms with Crippen molar-refractivity contribution in [2.45, 2.75) is 17.9 Å². The summed E-state index contributed by atoms with van der Waals surface area (Å²) in [5.41, 5.74) is 2.28. The first-order chi connectivity index (χ1) is 9.82. The first kappa shape index (κ1) is 15.7. The van der Waals surface area contributed by atoms with Crippen molar-refractivity contribution in [3.8, 4) is 0 Å². The first-order valence-electron chi connectivity index (χ1n) is 6.56. The van der Waals surface area contributed by atoms with Crippen LogP contribution in [0, 0.1) is 12.7 Å². The molecule has 2 aromatic rings. The van der Waals surface area contributed by atoms with Crippen molar-refractivity contribution < 1.29 is 12.8 Å². The third kappa shape index (κ3) is 3.49. The molecule has 0 radical (unpaired) electrons. The summed E-state index contributed by atoms with van der Waals surface area (Å²) in [5.74, 6) is -0.251. The first-order valence-corrected chi connectivity index (χ1v) is 8.45. The summed E-state index contributed by atoms with van der Waals surface area (Å²) < 4.78 is 36.7. The Morgan fingerprint density at radius 1 is 1.10 bits per heavy atom. The van der Waals surface area contributed by atoms with Crippen molar-refractivity contribution in [1.82, 2.24) is 5.32 Å². The van der Waals surface area contributed by atoms with Gasteiger partial charge in [0.25, 0.3) is 0 Å². The van der Waals surface area contributed by atoms with Gasteiger partial charge in [-0.15, -0.1) is 0 Å². The van der Waals surface area contributed by atoms with Crippen LogP contribution >= 0.6 is 0 Å². The molecule has 3 nitrogen and oxygen atoms in total. The molecule has 2 rings (SSSR count). The predicted octanol–water partition coefficient (Wildman–Crippen LogP) is 2.85. The fraction of sp³-hybridized carbons (Fsp3) is 0.250. The Kier molecular flexibility index (Phi) is 4.44. The van der Waals surface area contributed by atoms with Gasteiger partial charge in [0.2, 0.25) is 0 Å². The number of nitrogens with one attached hydrogen (secondary N) is 1. The molecule has 0 aliphatic carbocycles. The number of aryl methyl sites for hydroxylation is 1. The SMILES string of the molecule is CNC(c1cccc(S(C)(=O)=O)c1)c1ccc(F)c(C)c1. The Morgan fingerprint density at radius 3 is 2.33 bits per heavy atom. The molecule has 1 unspecified atom stereocenters. The molecule has 1 N–H and O–H groups in total. The Bertz CT molecular complexity index is 757. The standard InChI is InChI=1S/C16H18FNO2S/c1-11-9-13(7-8-15(11)17)16(18-2)12-5-4-6-14(10-12)21(3,19)20/h4-10,16,18H,1-3H3. The molecule has 0 heterocycles. The van der Waals surface area contributed by atoms with Gasteiger partial charge in [0.05, 0.1) is 10.9 Å². The Balaban J connectivity index is 2.49. The number of halogens is 1. The maximum absolute atomic E-state index is 13.4. The van der Waals surface area contributed by atoms with E-state index in [9.17, 15) is 12.8 Å². The van der Waals surface area contributed by atoms with Gasteiger partial charge in [-0.05, 0) is 48.9 Å². The van der Waals surface area contributed by atoms with E-state index in [1.165, 1.54) is 12.3 Å². The van der Waals surface area contributed by atoms with Crippen LogP contribution < -0.4 is 5.32 Å². The van der Waals surface area contributed by atoms with Crippen LogP contribution in [0.4, 0.5) is 4.39 Å². The van der Waals surface area contributed by atoms with E-state index in [1.54, 1.807) is 44.3 Å². The molecule has 0 spiro atoms. The lowest BCUT2D eigenvalue weighted by molar-refractivity contribution is 0.601. The second kappa shape index (κ2) is 5.95. The zero-order chi connectivity index (χ0) is 15.6. The summed E-state index contributed by atoms with van der Waals surface area (Å²) >= 11 is 0. The zero-order valence-corrected chi connectivity index (χ0v) is 13.0. The highest BCUT2D eigenvalue weighted by Crippen LogP contribution is 2.25. The highest BCUT2D eigenvalue weighted by atomic mass is 32.2. The Labute approximate surface area is 124 Å². The van der Waals surface area contributed by atoms with E-state index in [0.717, 1.165) is 11.1 Å². The van der Waals surface area contributed by atoms with Crippen LogP contribution in [-0.4, -0.2) is 21.7 Å². The van der Waals surface area contributed by atoms with Crippen LogP contribution in [0.5, 0.6) is 0 Å². The molecule has 0 aliphatic heterocycles. The lowest BCUT2D eigenvalue weighted by Crippen LogP contribution is -2.18. The molecule has 0 aromatic heterocycles. The maximum Gasteiger partial charge on any atom is 0.175 e. The van der Waals surface area contributed by atoms with Gasteiger partial charge in [-0.3, -0.25) is 0 Å². The highest BCUT2D eigenvalue weighted by Gasteiger charge is 2.15. The lowest BCUT2D eigenvalue weighted by atomic mass is 9.97. The van der Waals surface area contributed by atoms with Gasteiger partial charge < -0.3 is 5.32 Å². The van der Waals surface area contributed by atoms with Gasteiger partial charge >= 0.3 is 0 Å². The largest absolute Gasteiger partial charge is 0.309 e. The van der Waals surface area contributed by atoms with E-state index in [1.807, 2.05) is 6.07 Å². The van der Waals surface area contributed by atoms with Crippen molar-refractivity contribution in [1.29, 1.82) is 0 Å². The predicted molar refractivity (Wildman–Crippen MR) is 81.6 cm³/mol. The molecular formula is C16H18FNO2S. The molecule has 2 aromatic carbocycles. The van der Waals surface area contributed by atoms with E-state index >= 15 is 0 Å². The second-order valence-corrected chi connectivity index (χ2v) is 7.09. The van der Waals surface area contributed by atoms with Gasteiger partial charge in [0, 0.05) is 6.26 Å². The Morgan fingerprint density at radius 2 is 1.76 bits per heavy atom. The van der Waals surface area contributed by atoms with E-state index in [0.29, 0.717) is 5.56 Å². The van der Waals surface area contributed by atoms with Gasteiger partial charge in [-0.2, -0.15) is 0 Å². The summed E-state index contributed by atoms with van der Waals surface area (Å²) in [4.78, 5) is 0.277. The smallest absolute Gasteiger partial charge is 0.175 e. The van der Waals surface area contributed by atoms with Gasteiger partial charge in [-0.1, -0.05) is 24.3 Å². The summed E-state index contributed by atoms with van der Waals surface area (Å²) in [6, 6.07) is 11.5. The minimum atomic E-state index is -3.25. The third-order valence-corrected chi connectivity index (χ3v) is 4.53. The zero-order valence-electron chi connectivity index (χ0n) is 12.2. The topological polar surface area (TPSA) is 46.2 Å². The van der Waals surface area contributed by atoms with Crippen LogP contribution in [0.1, 0.15) is 22.7 Å². The highest BCUT2D eigenvalue weighted by molar-refractivity contribution is 7.90. The van der Waals surface area contributed by atoms with Crippen LogP contribution in [0.3, 0.4) is 0 Å². The monoisotopic (exact) mass is 307 g/mol. The molecule has 21 heavy (non-hydrogen) atoms. The minimum Gasteiger partial charge on any atom is -0.309 e. The van der Waals surface area contributed by atoms with E-state index in [2.05, 4.69) is 5.32 Å². The number of benzene rings is 2. The van der Waals surface area contributed by atoms with Crippen LogP contribution in [0.2, 0.25) is 0 Å². The normalized spacial score (nSPS) is 13.1. The number of sulfone groups is 1. The second-order valence-electron chi connectivity index (χ2n) is 5.07. The fourth-order valence-corrected chi connectivity index (χ4v) is 2.97. The quantitative estimate of drug-likeness (QED) is 0.945. The summed E-state index contributed by atoms with van der Waals surface area (Å²) in [6.07, 6.45) is 1.18. The van der Waals surface area contributed by atoms with Crippen molar-refractivity contribution in [2.75, 3.05) is 13.3 Å². The molecule has 0 saturated carbocycles. The number of hydrogen-bond acceptors (Lipinski definition) is 3. The molecule has 0 aliphatic rings. The fourth-order valence-electron chi connectivity index (χ4n) is 2.30. The number of rotatable bonds is 4. The van der Waals surface area contributed by atoms with E-state index in [-0.39, 0.29) is 16.8 Å². The molecule has 0 saturated heterocycles. The van der Waals surface area contributed by atoms with Crippen LogP contribution in [0.25, 0.3) is 0 Å².